The second-order valence-corrected chi connectivity index (χ2v) is 5.56. The van der Waals surface area contributed by atoms with Crippen LogP contribution in [0.5, 0.6) is 0 Å². The average Bonchev–Trinajstić information content (AvgIpc) is 1.04. The van der Waals surface area contributed by atoms with Crippen molar-refractivity contribution in [1.82, 2.24) is 6.15 Å². The van der Waals surface area contributed by atoms with Crippen molar-refractivity contribution in [2.24, 2.45) is 0 Å². The molecule has 0 saturated heterocycles. The van der Waals surface area contributed by atoms with Gasteiger partial charge >= 0.3 is 33.0 Å². The van der Waals surface area contributed by atoms with Gasteiger partial charge in [-0.2, -0.15) is 0 Å². The topological polar surface area (TPSA) is 35.0 Å². The Kier molecular flexibility index (Phi) is 4.67. The van der Waals surface area contributed by atoms with Crippen molar-refractivity contribution in [3.63, 3.8) is 0 Å². The summed E-state index contributed by atoms with van der Waals surface area (Å²) in [4.78, 5) is 0. The Labute approximate surface area is 72.9 Å². The third-order valence-electron chi connectivity index (χ3n) is 0. The van der Waals surface area contributed by atoms with Crippen LogP contribution in [0.25, 0.3) is 0 Å². The smallest absolute Gasteiger partial charge is 0.344 e. The van der Waals surface area contributed by atoms with Gasteiger partial charge in [-0.3, -0.25) is 0 Å². The van der Waals surface area contributed by atoms with Gasteiger partial charge in [0.2, 0.25) is 0 Å². The van der Waals surface area contributed by atoms with Crippen LogP contribution in [0.4, 0.5) is 25.2 Å². The number of halogens is 6. The number of quaternary nitrogens is 1. The second kappa shape index (κ2) is 3.25. The van der Waals surface area contributed by atoms with Gasteiger partial charge in [0.25, 0.3) is 0 Å². The molecule has 0 aliphatic carbocycles. The molecule has 0 aromatic carbocycles. The molecule has 0 atom stereocenters. The first-order valence-electron chi connectivity index (χ1n) is 2.80. The molecule has 3 N–H and O–H groups in total. The number of rotatable bonds is 0. The van der Waals surface area contributed by atoms with Crippen LogP contribution in [0.2, 0.25) is 0 Å². The molecule has 88 valence electrons. The number of hydrogen-bond acceptors (Lipinski definition) is 1. The third-order valence-corrected chi connectivity index (χ3v) is 0. The monoisotopic (exact) mass is 236 g/mol. The SMILES string of the molecule is C[N+](C)(C)C.F[P-](F)(F)(F)(F)F.N. The molecule has 0 rings (SSSR count). The Bertz CT molecular complexity index is 133. The van der Waals surface area contributed by atoms with E-state index in [1.54, 1.807) is 0 Å². The quantitative estimate of drug-likeness (QED) is 0.386. The number of nitrogens with zero attached hydrogens (tertiary/aromatic N) is 1. The molecule has 0 amide bonds. The first-order valence-corrected chi connectivity index (χ1v) is 4.83. The summed E-state index contributed by atoms with van der Waals surface area (Å²) in [5, 5.41) is 0. The standard InChI is InChI=1S/C4H12N.F6P.H3N/c1-5(2,3)4;1-7(2,3,4,5)6;/h1-4H3;;1H3/q+1;-1;. The van der Waals surface area contributed by atoms with Gasteiger partial charge in [0.1, 0.15) is 0 Å². The summed E-state index contributed by atoms with van der Waals surface area (Å²) in [5.74, 6) is 0. The fraction of sp³-hybridized carbons (Fsp3) is 1.00. The van der Waals surface area contributed by atoms with Crippen molar-refractivity contribution in [3.05, 3.63) is 0 Å². The predicted molar refractivity (Wildman–Crippen MR) is 42.5 cm³/mol. The normalized spacial score (nSPS) is 17.1. The van der Waals surface area contributed by atoms with E-state index in [1.807, 2.05) is 0 Å². The van der Waals surface area contributed by atoms with Crippen LogP contribution >= 0.6 is 7.81 Å². The first kappa shape index (κ1) is 18.7. The maximum atomic E-state index is 9.87. The van der Waals surface area contributed by atoms with Crippen molar-refractivity contribution in [1.29, 1.82) is 0 Å². The molecule has 0 aliphatic heterocycles. The maximum absolute atomic E-state index is 10.7. The molecule has 0 saturated carbocycles. The Hall–Kier alpha value is -0.0700. The summed E-state index contributed by atoms with van der Waals surface area (Å²) in [7, 11) is -2.16. The van der Waals surface area contributed by atoms with E-state index >= 15 is 0 Å². The molecule has 0 spiro atoms. The zero-order valence-electron chi connectivity index (χ0n) is 7.87. The fourth-order valence-corrected chi connectivity index (χ4v) is 0. The van der Waals surface area contributed by atoms with Crippen LogP contribution in [0, 0.1) is 0 Å². The van der Waals surface area contributed by atoms with E-state index in [9.17, 15) is 25.2 Å². The van der Waals surface area contributed by atoms with Gasteiger partial charge in [0, 0.05) is 0 Å². The molecule has 2 nitrogen and oxygen atoms in total. The fourth-order valence-electron chi connectivity index (χ4n) is 0. The third kappa shape index (κ3) is 240000. The molecule has 9 heteroatoms. The zero-order chi connectivity index (χ0) is 10.9. The Morgan fingerprint density at radius 1 is 0.692 bits per heavy atom. The molecule has 0 aliphatic rings. The van der Waals surface area contributed by atoms with Crippen LogP contribution in [0.15, 0.2) is 0 Å². The molecule has 0 unspecified atom stereocenters. The van der Waals surface area contributed by atoms with E-state index < -0.39 is 7.81 Å². The van der Waals surface area contributed by atoms with Crippen molar-refractivity contribution < 1.29 is 29.7 Å². The second-order valence-electron chi connectivity index (χ2n) is 3.64. The summed E-state index contributed by atoms with van der Waals surface area (Å²) in [6.45, 7) is 0. The van der Waals surface area contributed by atoms with Gasteiger partial charge in [-0.15, -0.1) is 0 Å². The molecule has 0 aromatic rings. The summed E-state index contributed by atoms with van der Waals surface area (Å²) < 4.78 is 60.2. The maximum Gasteiger partial charge on any atom is -0.344 e. The summed E-state index contributed by atoms with van der Waals surface area (Å²) in [6, 6.07) is 0. The van der Waals surface area contributed by atoms with Crippen molar-refractivity contribution in [2.45, 2.75) is 0 Å². The van der Waals surface area contributed by atoms with Crippen molar-refractivity contribution in [2.75, 3.05) is 28.2 Å². The summed E-state index contributed by atoms with van der Waals surface area (Å²) in [5.41, 5.74) is 0. The van der Waals surface area contributed by atoms with Crippen LogP contribution in [0.3, 0.4) is 0 Å². The van der Waals surface area contributed by atoms with Crippen LogP contribution < -0.4 is 6.15 Å². The summed E-state index contributed by atoms with van der Waals surface area (Å²) in [6.07, 6.45) is 0. The van der Waals surface area contributed by atoms with Crippen LogP contribution in [0.1, 0.15) is 0 Å². The Morgan fingerprint density at radius 2 is 0.692 bits per heavy atom. The predicted octanol–water partition coefficient (Wildman–Crippen LogP) is 3.87. The van der Waals surface area contributed by atoms with Gasteiger partial charge in [-0.25, -0.2) is 0 Å². The first-order chi connectivity index (χ1) is 4.45. The van der Waals surface area contributed by atoms with E-state index in [1.165, 1.54) is 0 Å². The van der Waals surface area contributed by atoms with E-state index in [0.29, 0.717) is 0 Å². The minimum Gasteiger partial charge on any atom is -0.344 e. The van der Waals surface area contributed by atoms with Crippen molar-refractivity contribution >= 4 is 7.81 Å². The summed E-state index contributed by atoms with van der Waals surface area (Å²) >= 11 is 0. The van der Waals surface area contributed by atoms with E-state index in [0.717, 1.165) is 4.48 Å². The van der Waals surface area contributed by atoms with Crippen LogP contribution in [-0.4, -0.2) is 32.7 Å². The van der Waals surface area contributed by atoms with Gasteiger partial charge in [-0.05, 0) is 0 Å². The van der Waals surface area contributed by atoms with Gasteiger partial charge in [-0.1, -0.05) is 0 Å². The average molecular weight is 236 g/mol. The molecule has 0 bridgehead atoms. The van der Waals surface area contributed by atoms with E-state index in [4.69, 9.17) is 0 Å². The van der Waals surface area contributed by atoms with Gasteiger partial charge in [0.05, 0.1) is 28.2 Å². The van der Waals surface area contributed by atoms with Gasteiger partial charge in [0.15, 0.2) is 0 Å². The zero-order valence-corrected chi connectivity index (χ0v) is 8.76. The molecule has 0 radical (unpaired) electrons. The molecule has 0 heterocycles. The number of hydrogen-bond donors (Lipinski definition) is 1. The molecular formula is C4H15F6N2P. The molecule has 13 heavy (non-hydrogen) atoms. The minimum absolute atomic E-state index is 0. The van der Waals surface area contributed by atoms with Gasteiger partial charge < -0.3 is 10.6 Å². The molecule has 0 aromatic heterocycles. The minimum atomic E-state index is -10.7. The largest absolute Gasteiger partial charge is 0.344 e. The molecular weight excluding hydrogens is 221 g/mol. The van der Waals surface area contributed by atoms with Crippen LogP contribution in [-0.2, 0) is 0 Å². The Morgan fingerprint density at radius 3 is 0.692 bits per heavy atom. The Balaban J connectivity index is -0.000000150. The van der Waals surface area contributed by atoms with Crippen molar-refractivity contribution in [3.8, 4) is 0 Å². The molecule has 0 fully saturated rings. The van der Waals surface area contributed by atoms with E-state index in [-0.39, 0.29) is 6.15 Å². The van der Waals surface area contributed by atoms with E-state index in [2.05, 4.69) is 28.2 Å².